The number of hydrogen-bond acceptors (Lipinski definition) is 5. The Balaban J connectivity index is 2.02. The van der Waals surface area contributed by atoms with Gasteiger partial charge in [-0.1, -0.05) is 0 Å². The van der Waals surface area contributed by atoms with E-state index < -0.39 is 35.0 Å². The molecular weight excluding hydrogens is 348 g/mol. The van der Waals surface area contributed by atoms with Gasteiger partial charge in [0.15, 0.2) is 0 Å². The van der Waals surface area contributed by atoms with Gasteiger partial charge in [-0.15, -0.1) is 0 Å². The van der Waals surface area contributed by atoms with E-state index in [1.54, 1.807) is 0 Å². The van der Waals surface area contributed by atoms with Gasteiger partial charge in [0.1, 0.15) is 11.6 Å². The second kappa shape index (κ2) is 8.06. The molecule has 0 bridgehead atoms. The molecule has 0 spiro atoms. The molecule has 0 heterocycles. The van der Waals surface area contributed by atoms with E-state index in [-0.39, 0.29) is 17.8 Å². The molecule has 0 aliphatic rings. The molecular formula is C17H15F2N3O4. The third-order valence-electron chi connectivity index (χ3n) is 3.35. The van der Waals surface area contributed by atoms with E-state index in [1.807, 2.05) is 0 Å². The number of nitrogens with two attached hydrogens (primary N) is 1. The molecule has 0 aliphatic carbocycles. The third-order valence-corrected chi connectivity index (χ3v) is 3.35. The fraction of sp³-hybridized carbons (Fsp3) is 0.118. The summed E-state index contributed by atoms with van der Waals surface area (Å²) in [6.45, 7) is -0.346. The van der Waals surface area contributed by atoms with Crippen LogP contribution in [0.15, 0.2) is 36.4 Å². The Morgan fingerprint density at radius 1 is 1.08 bits per heavy atom. The van der Waals surface area contributed by atoms with Crippen LogP contribution in [0.3, 0.4) is 0 Å². The SMILES string of the molecule is COC(=O)c1cc(NCC(=O)Nc2ccc(C(N)=O)cc2)c(F)cc1F. The first kappa shape index (κ1) is 18.8. The number of anilines is 2. The van der Waals surface area contributed by atoms with Crippen LogP contribution in [-0.2, 0) is 9.53 Å². The Kier molecular flexibility index (Phi) is 5.84. The number of nitrogens with one attached hydrogen (secondary N) is 2. The lowest BCUT2D eigenvalue weighted by Gasteiger charge is -2.10. The minimum Gasteiger partial charge on any atom is -0.465 e. The Bertz CT molecular complexity index is 854. The van der Waals surface area contributed by atoms with Crippen molar-refractivity contribution in [3.05, 3.63) is 59.2 Å². The van der Waals surface area contributed by atoms with Gasteiger partial charge in [0.25, 0.3) is 0 Å². The van der Waals surface area contributed by atoms with Crippen molar-refractivity contribution in [3.8, 4) is 0 Å². The summed E-state index contributed by atoms with van der Waals surface area (Å²) < 4.78 is 31.7. The summed E-state index contributed by atoms with van der Waals surface area (Å²) >= 11 is 0. The second-order valence-corrected chi connectivity index (χ2v) is 5.15. The van der Waals surface area contributed by atoms with Crippen molar-refractivity contribution in [2.24, 2.45) is 5.73 Å². The average molecular weight is 363 g/mol. The standard InChI is InChI=1S/C17H15F2N3O4/c1-26-17(25)11-6-14(13(19)7-12(11)18)21-8-15(23)22-10-4-2-9(3-5-10)16(20)24/h2-7,21H,8H2,1H3,(H2,20,24)(H,22,23). The largest absolute Gasteiger partial charge is 0.465 e. The smallest absolute Gasteiger partial charge is 0.340 e. The summed E-state index contributed by atoms with van der Waals surface area (Å²) in [5.74, 6) is -4.13. The maximum Gasteiger partial charge on any atom is 0.340 e. The number of benzene rings is 2. The van der Waals surface area contributed by atoms with Crippen molar-refractivity contribution < 1.29 is 27.9 Å². The van der Waals surface area contributed by atoms with Gasteiger partial charge in [0, 0.05) is 17.3 Å². The van der Waals surface area contributed by atoms with Crippen LogP contribution in [0, 0.1) is 11.6 Å². The van der Waals surface area contributed by atoms with Crippen LogP contribution < -0.4 is 16.4 Å². The molecule has 136 valence electrons. The number of amides is 2. The number of halogens is 2. The van der Waals surface area contributed by atoms with Crippen LogP contribution in [0.5, 0.6) is 0 Å². The van der Waals surface area contributed by atoms with Crippen molar-refractivity contribution >= 4 is 29.2 Å². The first-order valence-electron chi connectivity index (χ1n) is 7.32. The lowest BCUT2D eigenvalue weighted by atomic mass is 10.1. The molecule has 0 unspecified atom stereocenters. The van der Waals surface area contributed by atoms with Crippen molar-refractivity contribution in [2.45, 2.75) is 0 Å². The number of carbonyl (C=O) groups is 3. The minimum atomic E-state index is -1.07. The number of carbonyl (C=O) groups excluding carboxylic acids is 3. The van der Waals surface area contributed by atoms with E-state index in [2.05, 4.69) is 15.4 Å². The first-order chi connectivity index (χ1) is 12.3. The van der Waals surface area contributed by atoms with Gasteiger partial charge in [0.2, 0.25) is 11.8 Å². The average Bonchev–Trinajstić information content (AvgIpc) is 2.60. The highest BCUT2D eigenvalue weighted by Gasteiger charge is 2.17. The molecule has 7 nitrogen and oxygen atoms in total. The zero-order chi connectivity index (χ0) is 19.3. The molecule has 2 aromatic carbocycles. The van der Waals surface area contributed by atoms with Crippen LogP contribution in [0.25, 0.3) is 0 Å². The number of ether oxygens (including phenoxy) is 1. The highest BCUT2D eigenvalue weighted by molar-refractivity contribution is 5.96. The van der Waals surface area contributed by atoms with Crippen molar-refractivity contribution in [1.82, 2.24) is 0 Å². The normalized spacial score (nSPS) is 10.1. The Labute approximate surface area is 147 Å². The molecule has 9 heteroatoms. The quantitative estimate of drug-likeness (QED) is 0.679. The van der Waals surface area contributed by atoms with Crippen molar-refractivity contribution in [2.75, 3.05) is 24.3 Å². The molecule has 0 atom stereocenters. The van der Waals surface area contributed by atoms with E-state index in [4.69, 9.17) is 5.73 Å². The van der Waals surface area contributed by atoms with Crippen LogP contribution in [0.2, 0.25) is 0 Å². The maximum atomic E-state index is 13.8. The Morgan fingerprint density at radius 2 is 1.73 bits per heavy atom. The van der Waals surface area contributed by atoms with E-state index in [0.717, 1.165) is 13.2 Å². The molecule has 0 aliphatic heterocycles. The zero-order valence-electron chi connectivity index (χ0n) is 13.6. The van der Waals surface area contributed by atoms with Crippen molar-refractivity contribution in [1.29, 1.82) is 0 Å². The number of hydrogen-bond donors (Lipinski definition) is 3. The molecule has 2 rings (SSSR count). The molecule has 26 heavy (non-hydrogen) atoms. The van der Waals surface area contributed by atoms with Crippen LogP contribution in [0.1, 0.15) is 20.7 Å². The van der Waals surface area contributed by atoms with E-state index >= 15 is 0 Å². The number of methoxy groups -OCH3 is 1. The predicted octanol–water partition coefficient (Wildman–Crippen LogP) is 1.90. The second-order valence-electron chi connectivity index (χ2n) is 5.15. The summed E-state index contributed by atoms with van der Waals surface area (Å²) in [5.41, 5.74) is 5.11. The maximum absolute atomic E-state index is 13.8. The number of rotatable bonds is 6. The van der Waals surface area contributed by atoms with E-state index in [0.29, 0.717) is 11.8 Å². The summed E-state index contributed by atoms with van der Waals surface area (Å²) in [4.78, 5) is 34.3. The van der Waals surface area contributed by atoms with Gasteiger partial charge in [-0.25, -0.2) is 13.6 Å². The molecule has 0 saturated heterocycles. The highest BCUT2D eigenvalue weighted by atomic mass is 19.1. The lowest BCUT2D eigenvalue weighted by molar-refractivity contribution is -0.114. The van der Waals surface area contributed by atoms with Gasteiger partial charge in [-0.05, 0) is 30.3 Å². The van der Waals surface area contributed by atoms with Crippen LogP contribution in [-0.4, -0.2) is 31.4 Å². The molecule has 2 aromatic rings. The number of esters is 1. The molecule has 2 amide bonds. The lowest BCUT2D eigenvalue weighted by Crippen LogP contribution is -2.22. The summed E-state index contributed by atoms with van der Waals surface area (Å²) in [6, 6.07) is 7.28. The monoisotopic (exact) mass is 363 g/mol. The highest BCUT2D eigenvalue weighted by Crippen LogP contribution is 2.20. The minimum absolute atomic E-state index is 0.231. The Hall–Kier alpha value is -3.49. The molecule has 0 aromatic heterocycles. The van der Waals surface area contributed by atoms with Crippen LogP contribution >= 0.6 is 0 Å². The fourth-order valence-corrected chi connectivity index (χ4v) is 2.05. The summed E-state index contributed by atoms with van der Waals surface area (Å²) in [7, 11) is 1.06. The van der Waals surface area contributed by atoms with E-state index in [9.17, 15) is 23.2 Å². The fourth-order valence-electron chi connectivity index (χ4n) is 2.05. The topological polar surface area (TPSA) is 111 Å². The first-order valence-corrected chi connectivity index (χ1v) is 7.32. The van der Waals surface area contributed by atoms with Gasteiger partial charge < -0.3 is 21.1 Å². The van der Waals surface area contributed by atoms with Gasteiger partial charge in [-0.2, -0.15) is 0 Å². The van der Waals surface area contributed by atoms with Crippen molar-refractivity contribution in [3.63, 3.8) is 0 Å². The van der Waals surface area contributed by atoms with E-state index in [1.165, 1.54) is 24.3 Å². The predicted molar refractivity (Wildman–Crippen MR) is 89.8 cm³/mol. The number of primary amides is 1. The molecule has 0 fully saturated rings. The van der Waals surface area contributed by atoms with Gasteiger partial charge >= 0.3 is 5.97 Å². The van der Waals surface area contributed by atoms with Gasteiger partial charge in [-0.3, -0.25) is 9.59 Å². The molecule has 0 saturated carbocycles. The summed E-state index contributed by atoms with van der Waals surface area (Å²) in [5, 5.41) is 4.99. The molecule has 0 radical (unpaired) electrons. The molecule has 4 N–H and O–H groups in total. The van der Waals surface area contributed by atoms with Crippen LogP contribution in [0.4, 0.5) is 20.2 Å². The third kappa shape index (κ3) is 4.53. The Morgan fingerprint density at radius 3 is 2.31 bits per heavy atom. The summed E-state index contributed by atoms with van der Waals surface area (Å²) in [6.07, 6.45) is 0. The van der Waals surface area contributed by atoms with Gasteiger partial charge in [0.05, 0.1) is 24.9 Å². The zero-order valence-corrected chi connectivity index (χ0v) is 13.6.